The van der Waals surface area contributed by atoms with Crippen molar-refractivity contribution in [3.8, 4) is 11.8 Å². The number of nitrogens with zero attached hydrogens (tertiary/aromatic N) is 2. The zero-order chi connectivity index (χ0) is 16.7. The van der Waals surface area contributed by atoms with Crippen molar-refractivity contribution < 1.29 is 9.53 Å². The summed E-state index contributed by atoms with van der Waals surface area (Å²) in [6.45, 7) is 1.65. The number of ether oxygens (including phenoxy) is 1. The Morgan fingerprint density at radius 1 is 1.26 bits per heavy atom. The van der Waals surface area contributed by atoms with Gasteiger partial charge in [-0.05, 0) is 37.3 Å². The third-order valence-electron chi connectivity index (χ3n) is 2.97. The predicted octanol–water partition coefficient (Wildman–Crippen LogP) is 3.24. The molecule has 0 saturated carbocycles. The molecule has 23 heavy (non-hydrogen) atoms. The number of carbonyl (C=O) groups is 1. The van der Waals surface area contributed by atoms with Crippen LogP contribution in [-0.4, -0.2) is 18.2 Å². The van der Waals surface area contributed by atoms with E-state index in [4.69, 9.17) is 10.00 Å². The number of hydrazone groups is 1. The Kier molecular flexibility index (Phi) is 5.89. The van der Waals surface area contributed by atoms with Crippen LogP contribution in [0.3, 0.4) is 0 Å². The van der Waals surface area contributed by atoms with E-state index in [9.17, 15) is 4.79 Å². The number of carbonyl (C=O) groups excluding carboxylic acids is 1. The monoisotopic (exact) mass is 371 g/mol. The molecule has 2 aromatic rings. The van der Waals surface area contributed by atoms with Gasteiger partial charge in [0, 0.05) is 10.0 Å². The first-order chi connectivity index (χ1) is 11.1. The molecule has 0 atom stereocenters. The summed E-state index contributed by atoms with van der Waals surface area (Å²) in [5.74, 6) is 0.159. The highest BCUT2D eigenvalue weighted by atomic mass is 79.9. The summed E-state index contributed by atoms with van der Waals surface area (Å²) in [4.78, 5) is 11.8. The fraction of sp³-hybridized carbons (Fsp3) is 0.118. The molecule has 0 bridgehead atoms. The molecule has 0 spiro atoms. The molecule has 2 rings (SSSR count). The quantitative estimate of drug-likeness (QED) is 0.647. The van der Waals surface area contributed by atoms with Crippen LogP contribution in [0.1, 0.15) is 18.1 Å². The molecule has 0 unspecified atom stereocenters. The summed E-state index contributed by atoms with van der Waals surface area (Å²) in [7, 11) is 0. The van der Waals surface area contributed by atoms with Crippen molar-refractivity contribution >= 4 is 27.5 Å². The molecule has 5 nitrogen and oxygen atoms in total. The molecule has 2 aromatic carbocycles. The van der Waals surface area contributed by atoms with Crippen molar-refractivity contribution in [2.45, 2.75) is 6.92 Å². The fourth-order valence-electron chi connectivity index (χ4n) is 1.77. The summed E-state index contributed by atoms with van der Waals surface area (Å²) >= 11 is 3.44. The Balaban J connectivity index is 1.88. The second-order valence-corrected chi connectivity index (χ2v) is 5.49. The van der Waals surface area contributed by atoms with Crippen molar-refractivity contribution in [1.29, 1.82) is 5.26 Å². The minimum Gasteiger partial charge on any atom is -0.484 e. The molecule has 1 N–H and O–H groups in total. The van der Waals surface area contributed by atoms with Gasteiger partial charge in [0.2, 0.25) is 0 Å². The first-order valence-electron chi connectivity index (χ1n) is 6.81. The number of nitrogens with one attached hydrogen (secondary N) is 1. The summed E-state index contributed by atoms with van der Waals surface area (Å²) in [6, 6.07) is 16.2. The molecule has 0 radical (unpaired) electrons. The Bertz CT molecular complexity index is 764. The number of hydrogen-bond acceptors (Lipinski definition) is 4. The van der Waals surface area contributed by atoms with E-state index in [-0.39, 0.29) is 12.5 Å². The second-order valence-electron chi connectivity index (χ2n) is 4.64. The minimum atomic E-state index is -0.360. The lowest BCUT2D eigenvalue weighted by Crippen LogP contribution is -2.25. The SMILES string of the molecule is C/C(=N/NC(=O)COc1ccc(C#N)cc1)c1ccccc1Br. The van der Waals surface area contributed by atoms with Crippen molar-refractivity contribution in [3.05, 3.63) is 64.1 Å². The number of halogens is 1. The summed E-state index contributed by atoms with van der Waals surface area (Å²) in [5.41, 5.74) is 4.58. The van der Waals surface area contributed by atoms with Crippen molar-refractivity contribution in [1.82, 2.24) is 5.43 Å². The van der Waals surface area contributed by atoms with Gasteiger partial charge in [0.1, 0.15) is 5.75 Å². The normalized spacial score (nSPS) is 10.7. The summed E-state index contributed by atoms with van der Waals surface area (Å²) in [6.07, 6.45) is 0. The Morgan fingerprint density at radius 3 is 2.61 bits per heavy atom. The van der Waals surface area contributed by atoms with E-state index in [1.807, 2.05) is 37.3 Å². The number of hydrogen-bond donors (Lipinski definition) is 1. The van der Waals surface area contributed by atoms with Crippen LogP contribution in [0.5, 0.6) is 5.75 Å². The van der Waals surface area contributed by atoms with Gasteiger partial charge in [-0.3, -0.25) is 4.79 Å². The van der Waals surface area contributed by atoms with Gasteiger partial charge in [-0.25, -0.2) is 5.43 Å². The first kappa shape index (κ1) is 16.7. The number of rotatable bonds is 5. The molecule has 0 saturated heterocycles. The molecule has 0 aliphatic carbocycles. The van der Waals surface area contributed by atoms with Gasteiger partial charge in [0.05, 0.1) is 17.3 Å². The van der Waals surface area contributed by atoms with Gasteiger partial charge in [-0.2, -0.15) is 10.4 Å². The molecule has 0 heterocycles. The van der Waals surface area contributed by atoms with E-state index in [1.165, 1.54) is 0 Å². The second kappa shape index (κ2) is 8.11. The van der Waals surface area contributed by atoms with Gasteiger partial charge in [0.15, 0.2) is 6.61 Å². The van der Waals surface area contributed by atoms with Crippen LogP contribution in [-0.2, 0) is 4.79 Å². The topological polar surface area (TPSA) is 74.5 Å². The van der Waals surface area contributed by atoms with Crippen LogP contribution < -0.4 is 10.2 Å². The van der Waals surface area contributed by atoms with E-state index in [0.29, 0.717) is 17.0 Å². The number of nitriles is 1. The van der Waals surface area contributed by atoms with E-state index in [1.54, 1.807) is 24.3 Å². The third-order valence-corrected chi connectivity index (χ3v) is 3.66. The zero-order valence-corrected chi connectivity index (χ0v) is 14.0. The van der Waals surface area contributed by atoms with Gasteiger partial charge in [-0.1, -0.05) is 34.1 Å². The highest BCUT2D eigenvalue weighted by Gasteiger charge is 2.05. The predicted molar refractivity (Wildman–Crippen MR) is 91.1 cm³/mol. The zero-order valence-electron chi connectivity index (χ0n) is 12.4. The molecule has 1 amide bonds. The van der Waals surface area contributed by atoms with Crippen molar-refractivity contribution in [2.24, 2.45) is 5.10 Å². The van der Waals surface area contributed by atoms with Gasteiger partial charge in [-0.15, -0.1) is 0 Å². The van der Waals surface area contributed by atoms with Crippen LogP contribution >= 0.6 is 15.9 Å². The van der Waals surface area contributed by atoms with E-state index < -0.39 is 0 Å². The molecule has 116 valence electrons. The first-order valence-corrected chi connectivity index (χ1v) is 7.60. The highest BCUT2D eigenvalue weighted by Crippen LogP contribution is 2.16. The maximum absolute atomic E-state index is 11.8. The van der Waals surface area contributed by atoms with Gasteiger partial charge < -0.3 is 4.74 Å². The van der Waals surface area contributed by atoms with E-state index >= 15 is 0 Å². The lowest BCUT2D eigenvalue weighted by atomic mass is 10.1. The standard InChI is InChI=1S/C17H14BrN3O2/c1-12(15-4-2-3-5-16(15)18)20-21-17(22)11-23-14-8-6-13(10-19)7-9-14/h2-9H,11H2,1H3,(H,21,22)/b20-12-. The fourth-order valence-corrected chi connectivity index (χ4v) is 2.34. The largest absolute Gasteiger partial charge is 0.484 e. The van der Waals surface area contributed by atoms with Gasteiger partial charge >= 0.3 is 0 Å². The van der Waals surface area contributed by atoms with Crippen molar-refractivity contribution in [2.75, 3.05) is 6.61 Å². The summed E-state index contributed by atoms with van der Waals surface area (Å²) < 4.78 is 6.24. The van der Waals surface area contributed by atoms with E-state index in [0.717, 1.165) is 10.0 Å². The van der Waals surface area contributed by atoms with Crippen LogP contribution in [0.15, 0.2) is 58.1 Å². The average Bonchev–Trinajstić information content (AvgIpc) is 2.58. The molecular formula is C17H14BrN3O2. The van der Waals surface area contributed by atoms with Crippen LogP contribution in [0.4, 0.5) is 0 Å². The Morgan fingerprint density at radius 2 is 1.96 bits per heavy atom. The molecular weight excluding hydrogens is 358 g/mol. The summed E-state index contributed by atoms with van der Waals surface area (Å²) in [5, 5.41) is 12.8. The number of benzene rings is 2. The van der Waals surface area contributed by atoms with Crippen LogP contribution in [0, 0.1) is 11.3 Å². The third kappa shape index (κ3) is 4.94. The Hall–Kier alpha value is -2.65. The van der Waals surface area contributed by atoms with Crippen LogP contribution in [0.2, 0.25) is 0 Å². The Labute approximate surface area is 142 Å². The van der Waals surface area contributed by atoms with Crippen molar-refractivity contribution in [3.63, 3.8) is 0 Å². The van der Waals surface area contributed by atoms with Crippen LogP contribution in [0.25, 0.3) is 0 Å². The molecule has 0 aliphatic heterocycles. The minimum absolute atomic E-state index is 0.154. The van der Waals surface area contributed by atoms with Gasteiger partial charge in [0.25, 0.3) is 5.91 Å². The molecule has 0 fully saturated rings. The molecule has 0 aromatic heterocycles. The number of amides is 1. The maximum atomic E-state index is 11.8. The lowest BCUT2D eigenvalue weighted by Gasteiger charge is -2.06. The highest BCUT2D eigenvalue weighted by molar-refractivity contribution is 9.10. The average molecular weight is 372 g/mol. The molecule has 0 aliphatic rings. The maximum Gasteiger partial charge on any atom is 0.277 e. The molecule has 6 heteroatoms. The van der Waals surface area contributed by atoms with E-state index in [2.05, 4.69) is 26.5 Å². The lowest BCUT2D eigenvalue weighted by molar-refractivity contribution is -0.123. The smallest absolute Gasteiger partial charge is 0.277 e.